The molecule has 0 spiro atoms. The number of primary amides is 1. The molecule has 2 aromatic carbocycles. The molecule has 1 saturated heterocycles. The molecule has 5 nitrogen and oxygen atoms in total. The van der Waals surface area contributed by atoms with Gasteiger partial charge in [-0.05, 0) is 35.9 Å². The van der Waals surface area contributed by atoms with E-state index < -0.39 is 5.91 Å². The van der Waals surface area contributed by atoms with Crippen molar-refractivity contribution < 1.29 is 14.3 Å². The molecule has 132 valence electrons. The van der Waals surface area contributed by atoms with Gasteiger partial charge in [0.2, 0.25) is 0 Å². The summed E-state index contributed by atoms with van der Waals surface area (Å²) in [4.78, 5) is 25.5. The number of thioether (sulfide) groups is 1. The maximum Gasteiger partial charge on any atom is 0.270 e. The van der Waals surface area contributed by atoms with Gasteiger partial charge in [0.15, 0.2) is 10.9 Å². The molecule has 0 aliphatic carbocycles. The molecule has 0 aromatic heterocycles. The summed E-state index contributed by atoms with van der Waals surface area (Å²) in [6.07, 6.45) is 1.71. The summed E-state index contributed by atoms with van der Waals surface area (Å²) >= 11 is 12.7. The van der Waals surface area contributed by atoms with Crippen molar-refractivity contribution in [3.05, 3.63) is 64.0 Å². The first kappa shape index (κ1) is 18.4. The van der Waals surface area contributed by atoms with Crippen molar-refractivity contribution in [2.45, 2.75) is 0 Å². The third kappa shape index (κ3) is 4.07. The van der Waals surface area contributed by atoms with E-state index in [0.717, 1.165) is 11.3 Å². The van der Waals surface area contributed by atoms with Crippen LogP contribution in [-0.4, -0.2) is 22.7 Å². The molecule has 1 aliphatic heterocycles. The van der Waals surface area contributed by atoms with Crippen LogP contribution < -0.4 is 15.4 Å². The van der Waals surface area contributed by atoms with Gasteiger partial charge in [-0.25, -0.2) is 0 Å². The van der Waals surface area contributed by atoms with Crippen LogP contribution in [0.1, 0.15) is 5.56 Å². The SMILES string of the molecule is NC(=O)COc1ccc(C=C2SC(=S)N(c3ccccc3)C2=O)cc1Cl. The van der Waals surface area contributed by atoms with Crippen LogP contribution in [0.5, 0.6) is 5.75 Å². The van der Waals surface area contributed by atoms with Crippen LogP contribution in [0.25, 0.3) is 6.08 Å². The molecule has 1 fully saturated rings. The molecule has 0 saturated carbocycles. The van der Waals surface area contributed by atoms with E-state index in [4.69, 9.17) is 34.3 Å². The minimum atomic E-state index is -0.588. The Labute approximate surface area is 164 Å². The number of anilines is 1. The first-order valence-electron chi connectivity index (χ1n) is 7.49. The number of amides is 2. The summed E-state index contributed by atoms with van der Waals surface area (Å²) < 4.78 is 5.68. The van der Waals surface area contributed by atoms with Crippen molar-refractivity contribution in [1.82, 2.24) is 0 Å². The average Bonchev–Trinajstić information content (AvgIpc) is 2.88. The topological polar surface area (TPSA) is 72.6 Å². The zero-order valence-electron chi connectivity index (χ0n) is 13.3. The molecular formula is C18H13ClN2O3S2. The van der Waals surface area contributed by atoms with Crippen LogP contribution in [-0.2, 0) is 9.59 Å². The number of halogens is 1. The van der Waals surface area contributed by atoms with Crippen LogP contribution in [0.3, 0.4) is 0 Å². The summed E-state index contributed by atoms with van der Waals surface area (Å²) in [5, 5.41) is 0.318. The van der Waals surface area contributed by atoms with Crippen molar-refractivity contribution in [2.75, 3.05) is 11.5 Å². The first-order valence-corrected chi connectivity index (χ1v) is 9.09. The molecule has 0 atom stereocenters. The van der Waals surface area contributed by atoms with Gasteiger partial charge in [0.05, 0.1) is 15.6 Å². The van der Waals surface area contributed by atoms with Gasteiger partial charge in [-0.15, -0.1) is 0 Å². The summed E-state index contributed by atoms with van der Waals surface area (Å²) in [7, 11) is 0. The lowest BCUT2D eigenvalue weighted by molar-refractivity contribution is -0.120. The molecule has 3 rings (SSSR count). The van der Waals surface area contributed by atoms with Gasteiger partial charge in [0.1, 0.15) is 5.75 Å². The number of hydrogen-bond acceptors (Lipinski definition) is 5. The van der Waals surface area contributed by atoms with E-state index in [1.165, 1.54) is 16.7 Å². The van der Waals surface area contributed by atoms with Gasteiger partial charge in [-0.2, -0.15) is 0 Å². The Kier molecular flexibility index (Phi) is 5.61. The smallest absolute Gasteiger partial charge is 0.270 e. The predicted molar refractivity (Wildman–Crippen MR) is 108 cm³/mol. The van der Waals surface area contributed by atoms with Gasteiger partial charge in [-0.3, -0.25) is 14.5 Å². The summed E-state index contributed by atoms with van der Waals surface area (Å²) in [6.45, 7) is -0.255. The minimum absolute atomic E-state index is 0.184. The van der Waals surface area contributed by atoms with Crippen LogP contribution in [0.4, 0.5) is 5.69 Å². The van der Waals surface area contributed by atoms with Gasteiger partial charge in [-0.1, -0.05) is 59.8 Å². The largest absolute Gasteiger partial charge is 0.482 e. The first-order chi connectivity index (χ1) is 12.5. The van der Waals surface area contributed by atoms with Crippen LogP contribution in [0.15, 0.2) is 53.4 Å². The Hall–Kier alpha value is -2.35. The van der Waals surface area contributed by atoms with Gasteiger partial charge in [0.25, 0.3) is 11.8 Å². The molecule has 1 heterocycles. The van der Waals surface area contributed by atoms with E-state index in [0.29, 0.717) is 20.0 Å². The number of nitrogens with zero attached hydrogens (tertiary/aromatic N) is 1. The molecule has 8 heteroatoms. The Morgan fingerprint density at radius 2 is 2.00 bits per heavy atom. The summed E-state index contributed by atoms with van der Waals surface area (Å²) in [6, 6.07) is 14.2. The number of carbonyl (C=O) groups excluding carboxylic acids is 2. The highest BCUT2D eigenvalue weighted by molar-refractivity contribution is 8.27. The molecule has 0 unspecified atom stereocenters. The molecule has 2 amide bonds. The number of carbonyl (C=O) groups is 2. The Morgan fingerprint density at radius 1 is 1.27 bits per heavy atom. The Bertz CT molecular complexity index is 916. The van der Waals surface area contributed by atoms with Crippen molar-refractivity contribution in [3.63, 3.8) is 0 Å². The van der Waals surface area contributed by atoms with Crippen LogP contribution >= 0.6 is 35.6 Å². The van der Waals surface area contributed by atoms with E-state index in [9.17, 15) is 9.59 Å². The molecule has 0 bridgehead atoms. The molecule has 26 heavy (non-hydrogen) atoms. The number of rotatable bonds is 5. The molecule has 0 radical (unpaired) electrons. The van der Waals surface area contributed by atoms with Gasteiger partial charge >= 0.3 is 0 Å². The lowest BCUT2D eigenvalue weighted by Gasteiger charge is -2.13. The quantitative estimate of drug-likeness (QED) is 0.608. The molecule has 2 aromatic rings. The van der Waals surface area contributed by atoms with E-state index in [2.05, 4.69) is 0 Å². The third-order valence-corrected chi connectivity index (χ3v) is 5.03. The molecule has 2 N–H and O–H groups in total. The minimum Gasteiger partial charge on any atom is -0.482 e. The highest BCUT2D eigenvalue weighted by Gasteiger charge is 2.33. The fraction of sp³-hybridized carbons (Fsp3) is 0.0556. The predicted octanol–water partition coefficient (Wildman–Crippen LogP) is 3.61. The molecule has 1 aliphatic rings. The normalized spacial score (nSPS) is 15.6. The second-order valence-corrected chi connectivity index (χ2v) is 7.38. The number of ether oxygens (including phenoxy) is 1. The highest BCUT2D eigenvalue weighted by atomic mass is 35.5. The van der Waals surface area contributed by atoms with E-state index in [1.54, 1.807) is 24.3 Å². The number of thiocarbonyl (C=S) groups is 1. The van der Waals surface area contributed by atoms with E-state index in [-0.39, 0.29) is 12.5 Å². The van der Waals surface area contributed by atoms with E-state index >= 15 is 0 Å². The zero-order chi connectivity index (χ0) is 18.7. The number of benzene rings is 2. The second-order valence-electron chi connectivity index (χ2n) is 5.30. The van der Waals surface area contributed by atoms with Crippen molar-refractivity contribution in [1.29, 1.82) is 0 Å². The fourth-order valence-corrected chi connectivity index (χ4v) is 3.83. The second kappa shape index (κ2) is 7.90. The number of para-hydroxylation sites is 1. The maximum absolute atomic E-state index is 12.7. The van der Waals surface area contributed by atoms with Crippen LogP contribution in [0.2, 0.25) is 5.02 Å². The number of hydrogen-bond donors (Lipinski definition) is 1. The van der Waals surface area contributed by atoms with Crippen molar-refractivity contribution in [3.8, 4) is 5.75 Å². The van der Waals surface area contributed by atoms with Crippen molar-refractivity contribution >= 4 is 63.5 Å². The monoisotopic (exact) mass is 404 g/mol. The standard InChI is InChI=1S/C18H13ClN2O3S2/c19-13-8-11(6-7-14(13)24-10-16(20)22)9-15-17(23)21(18(25)26-15)12-4-2-1-3-5-12/h1-9H,10H2,(H2,20,22). The lowest BCUT2D eigenvalue weighted by atomic mass is 10.2. The Balaban J connectivity index is 1.82. The average molecular weight is 405 g/mol. The number of nitrogens with two attached hydrogens (primary N) is 1. The zero-order valence-corrected chi connectivity index (χ0v) is 15.7. The van der Waals surface area contributed by atoms with Crippen molar-refractivity contribution in [2.24, 2.45) is 5.73 Å². The van der Waals surface area contributed by atoms with E-state index in [1.807, 2.05) is 30.3 Å². The highest BCUT2D eigenvalue weighted by Crippen LogP contribution is 2.36. The summed E-state index contributed by atoms with van der Waals surface area (Å²) in [5.74, 6) is -0.425. The summed E-state index contributed by atoms with van der Waals surface area (Å²) in [5.41, 5.74) is 6.49. The maximum atomic E-state index is 12.7. The van der Waals surface area contributed by atoms with Gasteiger partial charge < -0.3 is 10.5 Å². The van der Waals surface area contributed by atoms with Crippen LogP contribution in [0, 0.1) is 0 Å². The third-order valence-electron chi connectivity index (χ3n) is 3.43. The fourth-order valence-electron chi connectivity index (χ4n) is 2.29. The lowest BCUT2D eigenvalue weighted by Crippen LogP contribution is -2.27. The Morgan fingerprint density at radius 3 is 2.65 bits per heavy atom. The molecular weight excluding hydrogens is 392 g/mol. The van der Waals surface area contributed by atoms with Gasteiger partial charge in [0, 0.05) is 0 Å².